The molecule has 1 heterocycles. The van der Waals surface area contributed by atoms with Gasteiger partial charge < -0.3 is 10.1 Å². The van der Waals surface area contributed by atoms with Gasteiger partial charge in [0.05, 0.1) is 12.7 Å². The third-order valence-electron chi connectivity index (χ3n) is 4.05. The number of nitrogens with one attached hydrogen (secondary N) is 1. The number of rotatable bonds is 6. The zero-order valence-corrected chi connectivity index (χ0v) is 11.6. The Hall–Kier alpha value is -0.120. The summed E-state index contributed by atoms with van der Waals surface area (Å²) in [5.74, 6) is 0.970. The van der Waals surface area contributed by atoms with Crippen LogP contribution in [0.2, 0.25) is 0 Å². The predicted octanol–water partition coefficient (Wildman–Crippen LogP) is 1.87. The van der Waals surface area contributed by atoms with E-state index in [1.165, 1.54) is 19.3 Å². The van der Waals surface area contributed by atoms with Crippen molar-refractivity contribution in [3.05, 3.63) is 0 Å². The minimum absolute atomic E-state index is 0.395. The number of hydrogen-bond acceptors (Lipinski definition) is 3. The third kappa shape index (κ3) is 3.94. The molecule has 2 fully saturated rings. The van der Waals surface area contributed by atoms with Gasteiger partial charge >= 0.3 is 0 Å². The van der Waals surface area contributed by atoms with E-state index in [0.29, 0.717) is 18.2 Å². The van der Waals surface area contributed by atoms with Crippen molar-refractivity contribution < 1.29 is 4.74 Å². The maximum Gasteiger partial charge on any atom is 0.0855 e. The summed E-state index contributed by atoms with van der Waals surface area (Å²) < 4.78 is 6.00. The number of hydrogen-bond donors (Lipinski definition) is 1. The van der Waals surface area contributed by atoms with Crippen LogP contribution in [0.1, 0.15) is 40.0 Å². The maximum atomic E-state index is 6.00. The Kier molecular flexibility index (Phi) is 4.83. The van der Waals surface area contributed by atoms with Crippen molar-refractivity contribution in [3.63, 3.8) is 0 Å². The van der Waals surface area contributed by atoms with Crippen molar-refractivity contribution in [1.29, 1.82) is 0 Å². The zero-order valence-electron chi connectivity index (χ0n) is 11.6. The summed E-state index contributed by atoms with van der Waals surface area (Å²) in [4.78, 5) is 2.55. The monoisotopic (exact) mass is 240 g/mol. The van der Waals surface area contributed by atoms with Crippen LogP contribution in [0.5, 0.6) is 0 Å². The Morgan fingerprint density at radius 2 is 2.12 bits per heavy atom. The van der Waals surface area contributed by atoms with Gasteiger partial charge in [0, 0.05) is 25.2 Å². The van der Waals surface area contributed by atoms with Gasteiger partial charge in [-0.1, -0.05) is 19.8 Å². The van der Waals surface area contributed by atoms with Crippen LogP contribution in [-0.2, 0) is 4.74 Å². The molecule has 3 nitrogen and oxygen atoms in total. The first-order valence-electron chi connectivity index (χ1n) is 7.29. The fourth-order valence-electron chi connectivity index (χ4n) is 2.75. The Morgan fingerprint density at radius 3 is 2.71 bits per heavy atom. The van der Waals surface area contributed by atoms with E-state index in [2.05, 4.69) is 31.0 Å². The minimum atomic E-state index is 0.395. The molecule has 0 bridgehead atoms. The normalized spacial score (nSPS) is 28.6. The molecule has 0 aromatic heterocycles. The summed E-state index contributed by atoms with van der Waals surface area (Å²) in [7, 11) is 0. The summed E-state index contributed by atoms with van der Waals surface area (Å²) in [6, 6.07) is 1.21. The van der Waals surface area contributed by atoms with Crippen LogP contribution in [0.15, 0.2) is 0 Å². The minimum Gasteiger partial charge on any atom is -0.374 e. The standard InChI is InChI=1S/C14H28N2O/c1-4-15-13(9-12-5-6-12)14-10-16(11(2)3)7-8-17-14/h11-15H,4-10H2,1-3H3. The van der Waals surface area contributed by atoms with Crippen LogP contribution in [0.4, 0.5) is 0 Å². The lowest BCUT2D eigenvalue weighted by Crippen LogP contribution is -2.53. The molecule has 0 spiro atoms. The Balaban J connectivity index is 1.87. The molecule has 1 aliphatic heterocycles. The van der Waals surface area contributed by atoms with Crippen molar-refractivity contribution in [1.82, 2.24) is 10.2 Å². The SMILES string of the molecule is CCNC(CC1CC1)C1CN(C(C)C)CCO1. The van der Waals surface area contributed by atoms with Gasteiger partial charge in [-0.05, 0) is 32.7 Å². The molecule has 3 heteroatoms. The summed E-state index contributed by atoms with van der Waals surface area (Å²) in [6.07, 6.45) is 4.57. The largest absolute Gasteiger partial charge is 0.374 e. The lowest BCUT2D eigenvalue weighted by atomic mass is 10.0. The van der Waals surface area contributed by atoms with Gasteiger partial charge in [-0.15, -0.1) is 0 Å². The molecule has 2 rings (SSSR count). The molecule has 1 N–H and O–H groups in total. The zero-order chi connectivity index (χ0) is 12.3. The van der Waals surface area contributed by atoms with Crippen LogP contribution in [0.3, 0.4) is 0 Å². The second-order valence-electron chi connectivity index (χ2n) is 5.84. The van der Waals surface area contributed by atoms with Crippen molar-refractivity contribution >= 4 is 0 Å². The van der Waals surface area contributed by atoms with E-state index in [-0.39, 0.29) is 0 Å². The van der Waals surface area contributed by atoms with Crippen LogP contribution in [0.25, 0.3) is 0 Å². The smallest absolute Gasteiger partial charge is 0.0855 e. The summed E-state index contributed by atoms with van der Waals surface area (Å²) in [6.45, 7) is 10.9. The molecule has 1 aliphatic carbocycles. The summed E-state index contributed by atoms with van der Waals surface area (Å²) in [5, 5.41) is 3.63. The second kappa shape index (κ2) is 6.17. The van der Waals surface area contributed by atoms with Gasteiger partial charge in [-0.25, -0.2) is 0 Å². The molecule has 17 heavy (non-hydrogen) atoms. The lowest BCUT2D eigenvalue weighted by Gasteiger charge is -2.39. The summed E-state index contributed by atoms with van der Waals surface area (Å²) in [5.41, 5.74) is 0. The fraction of sp³-hybridized carbons (Fsp3) is 1.00. The Labute approximate surface area is 106 Å². The van der Waals surface area contributed by atoms with E-state index >= 15 is 0 Å². The highest BCUT2D eigenvalue weighted by molar-refractivity contribution is 4.88. The van der Waals surface area contributed by atoms with Gasteiger partial charge in [0.25, 0.3) is 0 Å². The molecule has 2 atom stereocenters. The average Bonchev–Trinajstić information content (AvgIpc) is 3.12. The Bertz CT molecular complexity index is 228. The van der Waals surface area contributed by atoms with Crippen molar-refractivity contribution in [3.8, 4) is 0 Å². The van der Waals surface area contributed by atoms with E-state index in [9.17, 15) is 0 Å². The van der Waals surface area contributed by atoms with Gasteiger partial charge in [-0.2, -0.15) is 0 Å². The van der Waals surface area contributed by atoms with Crippen molar-refractivity contribution in [2.45, 2.75) is 58.2 Å². The molecule has 100 valence electrons. The van der Waals surface area contributed by atoms with Crippen molar-refractivity contribution in [2.24, 2.45) is 5.92 Å². The predicted molar refractivity (Wildman–Crippen MR) is 71.3 cm³/mol. The molecule has 2 unspecified atom stereocenters. The highest BCUT2D eigenvalue weighted by Gasteiger charge is 2.33. The van der Waals surface area contributed by atoms with Gasteiger partial charge in [0.15, 0.2) is 0 Å². The van der Waals surface area contributed by atoms with Gasteiger partial charge in [-0.3, -0.25) is 4.90 Å². The van der Waals surface area contributed by atoms with Gasteiger partial charge in [0.1, 0.15) is 0 Å². The van der Waals surface area contributed by atoms with E-state index < -0.39 is 0 Å². The molecular weight excluding hydrogens is 212 g/mol. The lowest BCUT2D eigenvalue weighted by molar-refractivity contribution is -0.0570. The quantitative estimate of drug-likeness (QED) is 0.767. The van der Waals surface area contributed by atoms with Gasteiger partial charge in [0.2, 0.25) is 0 Å². The van der Waals surface area contributed by atoms with Crippen LogP contribution in [0, 0.1) is 5.92 Å². The highest BCUT2D eigenvalue weighted by Crippen LogP contribution is 2.34. The first-order chi connectivity index (χ1) is 8.20. The first kappa shape index (κ1) is 13.3. The molecule has 0 aromatic carbocycles. The molecule has 1 saturated carbocycles. The number of nitrogens with zero attached hydrogens (tertiary/aromatic N) is 1. The second-order valence-corrected chi connectivity index (χ2v) is 5.84. The highest BCUT2D eigenvalue weighted by atomic mass is 16.5. The summed E-state index contributed by atoms with van der Waals surface area (Å²) >= 11 is 0. The molecule has 0 aromatic rings. The van der Waals surface area contributed by atoms with E-state index in [1.807, 2.05) is 0 Å². The van der Waals surface area contributed by atoms with Crippen molar-refractivity contribution in [2.75, 3.05) is 26.2 Å². The first-order valence-corrected chi connectivity index (χ1v) is 7.29. The molecular formula is C14H28N2O. The maximum absolute atomic E-state index is 6.00. The third-order valence-corrected chi connectivity index (χ3v) is 4.05. The molecule has 1 saturated heterocycles. The van der Waals surface area contributed by atoms with Crippen LogP contribution >= 0.6 is 0 Å². The topological polar surface area (TPSA) is 24.5 Å². The fourth-order valence-corrected chi connectivity index (χ4v) is 2.75. The number of likely N-dealkylation sites (N-methyl/N-ethyl adjacent to an activating group) is 1. The molecule has 0 radical (unpaired) electrons. The average molecular weight is 240 g/mol. The van der Waals surface area contributed by atoms with E-state index in [4.69, 9.17) is 4.74 Å². The van der Waals surface area contributed by atoms with E-state index in [1.54, 1.807) is 0 Å². The molecule has 0 amide bonds. The number of morpholine rings is 1. The number of ether oxygens (including phenoxy) is 1. The molecule has 2 aliphatic rings. The van der Waals surface area contributed by atoms with Crippen LogP contribution in [-0.4, -0.2) is 49.3 Å². The van der Waals surface area contributed by atoms with E-state index in [0.717, 1.165) is 32.2 Å². The van der Waals surface area contributed by atoms with Crippen LogP contribution < -0.4 is 5.32 Å². The Morgan fingerprint density at radius 1 is 1.35 bits per heavy atom.